The van der Waals surface area contributed by atoms with Crippen molar-refractivity contribution >= 4 is 28.7 Å². The summed E-state index contributed by atoms with van der Waals surface area (Å²) in [7, 11) is 0. The topological polar surface area (TPSA) is 56.3 Å². The van der Waals surface area contributed by atoms with Gasteiger partial charge in [-0.15, -0.1) is 0 Å². The molecule has 0 fully saturated rings. The van der Waals surface area contributed by atoms with Crippen LogP contribution in [0.25, 0.3) is 5.70 Å². The Morgan fingerprint density at radius 2 is 1.71 bits per heavy atom. The molecule has 21 heavy (non-hydrogen) atoms. The molecule has 2 aromatic rings. The van der Waals surface area contributed by atoms with Gasteiger partial charge in [0.25, 0.3) is 0 Å². The van der Waals surface area contributed by atoms with Gasteiger partial charge in [-0.05, 0) is 60.6 Å². The van der Waals surface area contributed by atoms with Crippen LogP contribution in [0.5, 0.6) is 5.75 Å². The molecule has 0 aliphatic carbocycles. The number of benzene rings is 2. The van der Waals surface area contributed by atoms with E-state index in [1.165, 1.54) is 0 Å². The molecule has 0 heterocycles. The molecule has 0 bridgehead atoms. The first-order valence-electron chi connectivity index (χ1n) is 6.43. The summed E-state index contributed by atoms with van der Waals surface area (Å²) in [5.74, 6) is 0.219. The zero-order valence-corrected chi connectivity index (χ0v) is 12.5. The third-order valence-corrected chi connectivity index (χ3v) is 3.14. The van der Waals surface area contributed by atoms with E-state index in [2.05, 4.69) is 22.7 Å². The molecule has 0 saturated heterocycles. The molecule has 108 valence electrons. The van der Waals surface area contributed by atoms with E-state index in [-0.39, 0.29) is 5.75 Å². The Morgan fingerprint density at radius 3 is 2.38 bits per heavy atom. The molecule has 4 nitrogen and oxygen atoms in total. The summed E-state index contributed by atoms with van der Waals surface area (Å²) in [6, 6.07) is 14.6. The van der Waals surface area contributed by atoms with Crippen molar-refractivity contribution in [3.8, 4) is 5.75 Å². The summed E-state index contributed by atoms with van der Waals surface area (Å²) in [6.07, 6.45) is 0. The third-order valence-electron chi connectivity index (χ3n) is 2.94. The molecule has 5 heteroatoms. The van der Waals surface area contributed by atoms with E-state index in [4.69, 9.17) is 12.2 Å². The number of nitrogens with one attached hydrogen (secondary N) is 3. The number of thiocarbonyl (C=S) groups is 1. The van der Waals surface area contributed by atoms with E-state index >= 15 is 0 Å². The van der Waals surface area contributed by atoms with Crippen LogP contribution >= 0.6 is 12.2 Å². The maximum atomic E-state index is 9.25. The summed E-state index contributed by atoms with van der Waals surface area (Å²) in [6.45, 7) is 5.92. The van der Waals surface area contributed by atoms with E-state index in [1.807, 2.05) is 31.2 Å². The Balaban J connectivity index is 1.88. The van der Waals surface area contributed by atoms with E-state index in [9.17, 15) is 5.11 Å². The van der Waals surface area contributed by atoms with Gasteiger partial charge in [0.2, 0.25) is 0 Å². The highest BCUT2D eigenvalue weighted by Crippen LogP contribution is 2.14. The molecule has 0 amide bonds. The van der Waals surface area contributed by atoms with Crippen LogP contribution in [-0.2, 0) is 0 Å². The van der Waals surface area contributed by atoms with Crippen molar-refractivity contribution in [1.29, 1.82) is 0 Å². The molecule has 0 aromatic heterocycles. The highest BCUT2D eigenvalue weighted by Gasteiger charge is 2.02. The van der Waals surface area contributed by atoms with Crippen LogP contribution in [0.4, 0.5) is 5.69 Å². The van der Waals surface area contributed by atoms with Crippen molar-refractivity contribution < 1.29 is 5.11 Å². The summed E-state index contributed by atoms with van der Waals surface area (Å²) in [4.78, 5) is 0. The number of aromatic hydroxyl groups is 1. The molecule has 0 saturated carbocycles. The van der Waals surface area contributed by atoms with Gasteiger partial charge in [0.1, 0.15) is 5.75 Å². The van der Waals surface area contributed by atoms with E-state index in [1.54, 1.807) is 24.3 Å². The fraction of sp³-hybridized carbons (Fsp3) is 0.0625. The van der Waals surface area contributed by atoms with E-state index < -0.39 is 0 Å². The number of hydrazine groups is 1. The minimum Gasteiger partial charge on any atom is -0.508 e. The van der Waals surface area contributed by atoms with Gasteiger partial charge in [0.05, 0.1) is 5.70 Å². The van der Waals surface area contributed by atoms with Crippen molar-refractivity contribution in [3.05, 3.63) is 66.2 Å². The Hall–Kier alpha value is -2.53. The van der Waals surface area contributed by atoms with Crippen molar-refractivity contribution in [1.82, 2.24) is 10.9 Å². The fourth-order valence-corrected chi connectivity index (χ4v) is 1.89. The van der Waals surface area contributed by atoms with Crippen molar-refractivity contribution in [2.75, 3.05) is 5.32 Å². The number of rotatable bonds is 4. The lowest BCUT2D eigenvalue weighted by atomic mass is 10.2. The number of hydrogen-bond acceptors (Lipinski definition) is 3. The van der Waals surface area contributed by atoms with Crippen LogP contribution in [0.2, 0.25) is 0 Å². The second kappa shape index (κ2) is 6.76. The fourth-order valence-electron chi connectivity index (χ4n) is 1.73. The molecule has 0 atom stereocenters. The Morgan fingerprint density at radius 1 is 1.05 bits per heavy atom. The third kappa shape index (κ3) is 4.22. The van der Waals surface area contributed by atoms with Gasteiger partial charge >= 0.3 is 0 Å². The smallest absolute Gasteiger partial charge is 0.189 e. The second-order valence-electron chi connectivity index (χ2n) is 4.54. The van der Waals surface area contributed by atoms with Gasteiger partial charge in [0, 0.05) is 5.69 Å². The monoisotopic (exact) mass is 299 g/mol. The Bertz CT molecular complexity index is 653. The van der Waals surface area contributed by atoms with Crippen molar-refractivity contribution in [2.45, 2.75) is 6.92 Å². The van der Waals surface area contributed by atoms with Crippen LogP contribution in [0.3, 0.4) is 0 Å². The summed E-state index contributed by atoms with van der Waals surface area (Å²) < 4.78 is 0. The molecule has 0 spiro atoms. The van der Waals surface area contributed by atoms with Crippen LogP contribution in [0.15, 0.2) is 55.1 Å². The summed E-state index contributed by atoms with van der Waals surface area (Å²) >= 11 is 5.22. The molecule has 0 radical (unpaired) electrons. The molecule has 0 aliphatic heterocycles. The average molecular weight is 299 g/mol. The standard InChI is InChI=1S/C16H17N3OS/c1-11-5-3-4-6-15(11)17-16(21)19-18-12(2)13-7-9-14(20)10-8-13/h3-10,18,20H,2H2,1H3,(H2,17,19,21). The van der Waals surface area contributed by atoms with E-state index in [0.717, 1.165) is 16.8 Å². The molecule has 2 rings (SSSR count). The molecule has 2 aromatic carbocycles. The number of phenolic OH excluding ortho intramolecular Hbond substituents is 1. The van der Waals surface area contributed by atoms with Crippen LogP contribution < -0.4 is 16.2 Å². The lowest BCUT2D eigenvalue weighted by molar-refractivity contribution is 0.475. The first kappa shape index (κ1) is 14.9. The highest BCUT2D eigenvalue weighted by atomic mass is 32.1. The molecule has 4 N–H and O–H groups in total. The average Bonchev–Trinajstić information content (AvgIpc) is 2.48. The van der Waals surface area contributed by atoms with Gasteiger partial charge in [-0.3, -0.25) is 10.9 Å². The first-order valence-corrected chi connectivity index (χ1v) is 6.84. The van der Waals surface area contributed by atoms with Crippen molar-refractivity contribution in [3.63, 3.8) is 0 Å². The Labute approximate surface area is 129 Å². The summed E-state index contributed by atoms with van der Waals surface area (Å²) in [5, 5.41) is 12.8. The predicted octanol–water partition coefficient (Wildman–Crippen LogP) is 3.16. The van der Waals surface area contributed by atoms with Crippen LogP contribution in [0.1, 0.15) is 11.1 Å². The van der Waals surface area contributed by atoms with Gasteiger partial charge in [-0.1, -0.05) is 24.8 Å². The maximum Gasteiger partial charge on any atom is 0.189 e. The molecule has 0 aliphatic rings. The van der Waals surface area contributed by atoms with E-state index in [0.29, 0.717) is 10.8 Å². The zero-order chi connectivity index (χ0) is 15.2. The lowest BCUT2D eigenvalue weighted by Crippen LogP contribution is -2.38. The second-order valence-corrected chi connectivity index (χ2v) is 4.95. The van der Waals surface area contributed by atoms with Gasteiger partial charge < -0.3 is 10.4 Å². The van der Waals surface area contributed by atoms with Crippen LogP contribution in [0, 0.1) is 6.92 Å². The normalized spacial score (nSPS) is 9.76. The number of para-hydroxylation sites is 1. The SMILES string of the molecule is C=C(NNC(=S)Nc1ccccc1C)c1ccc(O)cc1. The highest BCUT2D eigenvalue weighted by molar-refractivity contribution is 7.80. The molecule has 0 unspecified atom stereocenters. The minimum atomic E-state index is 0.219. The first-order chi connectivity index (χ1) is 10.1. The number of aryl methyl sites for hydroxylation is 1. The van der Waals surface area contributed by atoms with Gasteiger partial charge in [0.15, 0.2) is 5.11 Å². The predicted molar refractivity (Wildman–Crippen MR) is 90.8 cm³/mol. The zero-order valence-electron chi connectivity index (χ0n) is 11.7. The molecular formula is C16H17N3OS. The largest absolute Gasteiger partial charge is 0.508 e. The number of phenols is 1. The lowest BCUT2D eigenvalue weighted by Gasteiger charge is -2.15. The Kier molecular flexibility index (Phi) is 4.79. The van der Waals surface area contributed by atoms with Crippen LogP contribution in [-0.4, -0.2) is 10.2 Å². The number of anilines is 1. The molecular weight excluding hydrogens is 282 g/mol. The minimum absolute atomic E-state index is 0.219. The number of hydrogen-bond donors (Lipinski definition) is 4. The summed E-state index contributed by atoms with van der Waals surface area (Å²) in [5.41, 5.74) is 9.39. The quantitative estimate of drug-likeness (QED) is 0.516. The van der Waals surface area contributed by atoms with Gasteiger partial charge in [-0.2, -0.15) is 0 Å². The van der Waals surface area contributed by atoms with Gasteiger partial charge in [-0.25, -0.2) is 0 Å². The maximum absolute atomic E-state index is 9.25. The van der Waals surface area contributed by atoms with Crippen molar-refractivity contribution in [2.24, 2.45) is 0 Å².